The Morgan fingerprint density at radius 2 is 2.00 bits per heavy atom. The zero-order valence-electron chi connectivity index (χ0n) is 19.3. The van der Waals surface area contributed by atoms with E-state index >= 15 is 0 Å². The van der Waals surface area contributed by atoms with E-state index < -0.39 is 41.2 Å². The number of carboxylic acids is 1. The molecule has 2 unspecified atom stereocenters. The molecule has 0 spiro atoms. The maximum Gasteiger partial charge on any atom is 0.333 e. The highest BCUT2D eigenvalue weighted by Gasteiger charge is 2.53. The maximum atomic E-state index is 12.7. The van der Waals surface area contributed by atoms with Gasteiger partial charge in [0.15, 0.2) is 5.78 Å². The number of carboxylic acid groups (broad SMARTS) is 1. The first kappa shape index (κ1) is 25.0. The highest BCUT2D eigenvalue weighted by atomic mass is 16.5. The fourth-order valence-corrected chi connectivity index (χ4v) is 5.08. The summed E-state index contributed by atoms with van der Waals surface area (Å²) in [5.74, 6) is -3.01. The number of aliphatic carboxylic acids is 1. The van der Waals surface area contributed by atoms with Crippen molar-refractivity contribution in [3.63, 3.8) is 0 Å². The lowest BCUT2D eigenvalue weighted by Crippen LogP contribution is -2.49. The number of rotatable bonds is 9. The third kappa shape index (κ3) is 5.52. The Labute approximate surface area is 185 Å². The highest BCUT2D eigenvalue weighted by molar-refractivity contribution is 5.96. The molecule has 0 heterocycles. The number of hydrogen-bond acceptors (Lipinski definition) is 5. The lowest BCUT2D eigenvalue weighted by Gasteiger charge is -2.48. The first-order chi connectivity index (χ1) is 14.5. The standard InChI is InChI=1S/C25H36O6/c1-6-7-8-15(2)11-16(3)24(30)31-22-10-9-19(23(28)29)25(5)13-18(17(4)14-26)21(27)12-20(22)25/h11-12,14-15,17-19,22H,6-10,13H2,1-5H3,(H,28,29)/b16-11+/t15?,17-,18?,19-,22-,25-/m1/s1. The summed E-state index contributed by atoms with van der Waals surface area (Å²) in [5.41, 5.74) is 0.267. The van der Waals surface area contributed by atoms with Gasteiger partial charge in [0.1, 0.15) is 12.4 Å². The van der Waals surface area contributed by atoms with Crippen LogP contribution in [0.5, 0.6) is 0 Å². The van der Waals surface area contributed by atoms with Gasteiger partial charge in [-0.25, -0.2) is 4.79 Å². The zero-order valence-corrected chi connectivity index (χ0v) is 19.3. The van der Waals surface area contributed by atoms with Gasteiger partial charge >= 0.3 is 11.9 Å². The summed E-state index contributed by atoms with van der Waals surface area (Å²) in [7, 11) is 0. The Hall–Kier alpha value is -2.24. The summed E-state index contributed by atoms with van der Waals surface area (Å²) in [6, 6.07) is 0. The molecule has 2 aliphatic carbocycles. The van der Waals surface area contributed by atoms with Crippen molar-refractivity contribution >= 4 is 24.0 Å². The van der Waals surface area contributed by atoms with Crippen LogP contribution in [0.15, 0.2) is 23.3 Å². The van der Waals surface area contributed by atoms with Crippen molar-refractivity contribution in [2.24, 2.45) is 29.1 Å². The van der Waals surface area contributed by atoms with Crippen LogP contribution in [0.2, 0.25) is 0 Å². The van der Waals surface area contributed by atoms with Crippen molar-refractivity contribution in [2.45, 2.75) is 79.2 Å². The third-order valence-corrected chi connectivity index (χ3v) is 7.07. The number of aldehydes is 1. The van der Waals surface area contributed by atoms with Gasteiger partial charge in [-0.05, 0) is 50.2 Å². The van der Waals surface area contributed by atoms with E-state index in [1.165, 1.54) is 6.08 Å². The number of allylic oxidation sites excluding steroid dienone is 2. The van der Waals surface area contributed by atoms with Gasteiger partial charge in [0.05, 0.1) is 5.92 Å². The summed E-state index contributed by atoms with van der Waals surface area (Å²) in [4.78, 5) is 48.8. The van der Waals surface area contributed by atoms with Gasteiger partial charge in [-0.3, -0.25) is 9.59 Å². The fourth-order valence-electron chi connectivity index (χ4n) is 5.08. The smallest absolute Gasteiger partial charge is 0.333 e. The van der Waals surface area contributed by atoms with Crippen molar-refractivity contribution in [3.05, 3.63) is 23.3 Å². The van der Waals surface area contributed by atoms with E-state index in [9.17, 15) is 24.3 Å². The minimum absolute atomic E-state index is 0.195. The topological polar surface area (TPSA) is 97.7 Å². The van der Waals surface area contributed by atoms with Crippen LogP contribution in [0.25, 0.3) is 0 Å². The first-order valence-electron chi connectivity index (χ1n) is 11.4. The van der Waals surface area contributed by atoms with Gasteiger partial charge < -0.3 is 14.6 Å². The summed E-state index contributed by atoms with van der Waals surface area (Å²) in [6.07, 6.45) is 7.66. The molecule has 1 saturated carbocycles. The second-order valence-corrected chi connectivity index (χ2v) is 9.56. The average Bonchev–Trinajstić information content (AvgIpc) is 2.71. The van der Waals surface area contributed by atoms with Crippen LogP contribution in [-0.2, 0) is 23.9 Å². The van der Waals surface area contributed by atoms with Crippen LogP contribution in [-0.4, -0.2) is 35.2 Å². The lowest BCUT2D eigenvalue weighted by molar-refractivity contribution is -0.153. The quantitative estimate of drug-likeness (QED) is 0.327. The third-order valence-electron chi connectivity index (χ3n) is 7.07. The van der Waals surface area contributed by atoms with Gasteiger partial charge in [-0.15, -0.1) is 0 Å². The van der Waals surface area contributed by atoms with Crippen LogP contribution in [0.4, 0.5) is 0 Å². The Balaban J connectivity index is 2.29. The average molecular weight is 433 g/mol. The predicted molar refractivity (Wildman–Crippen MR) is 117 cm³/mol. The fraction of sp³-hybridized carbons (Fsp3) is 0.680. The van der Waals surface area contributed by atoms with Gasteiger partial charge in [0.2, 0.25) is 0 Å². The minimum Gasteiger partial charge on any atom is -0.481 e. The SMILES string of the molecule is CCCCC(C)/C=C(\C)C(=O)O[C@@H]1CC[C@H](C(=O)O)[C@@]2(C)CC([C@H](C)C=O)C(=O)C=C12. The van der Waals surface area contributed by atoms with Crippen molar-refractivity contribution in [2.75, 3.05) is 0 Å². The highest BCUT2D eigenvalue weighted by Crippen LogP contribution is 2.53. The summed E-state index contributed by atoms with van der Waals surface area (Å²) in [6.45, 7) is 9.43. The number of esters is 1. The lowest BCUT2D eigenvalue weighted by atomic mass is 9.56. The minimum atomic E-state index is -0.925. The number of ketones is 1. The number of carbonyl (C=O) groups excluding carboxylic acids is 3. The normalized spacial score (nSPS) is 30.6. The molecule has 0 aromatic carbocycles. The molecule has 172 valence electrons. The first-order valence-corrected chi connectivity index (χ1v) is 11.4. The molecule has 2 aliphatic rings. The summed E-state index contributed by atoms with van der Waals surface area (Å²) >= 11 is 0. The van der Waals surface area contributed by atoms with E-state index in [2.05, 4.69) is 13.8 Å². The number of carbonyl (C=O) groups is 4. The van der Waals surface area contributed by atoms with Crippen LogP contribution in [0, 0.1) is 29.1 Å². The Morgan fingerprint density at radius 1 is 1.32 bits per heavy atom. The Bertz CT molecular complexity index is 779. The maximum absolute atomic E-state index is 12.7. The second-order valence-electron chi connectivity index (χ2n) is 9.56. The molecule has 6 atom stereocenters. The van der Waals surface area contributed by atoms with Crippen LogP contribution >= 0.6 is 0 Å². The molecule has 0 amide bonds. The molecule has 0 bridgehead atoms. The number of hydrogen-bond donors (Lipinski definition) is 1. The number of unbranched alkanes of at least 4 members (excludes halogenated alkanes) is 1. The van der Waals surface area contributed by atoms with E-state index in [-0.39, 0.29) is 18.1 Å². The molecule has 0 aromatic heterocycles. The molecular weight excluding hydrogens is 396 g/mol. The molecular formula is C25H36O6. The van der Waals surface area contributed by atoms with Gasteiger partial charge in [-0.2, -0.15) is 0 Å². The molecule has 1 N–H and O–H groups in total. The Kier molecular flexibility index (Phi) is 8.38. The van der Waals surface area contributed by atoms with Crippen LogP contribution in [0.1, 0.15) is 73.1 Å². The van der Waals surface area contributed by atoms with Crippen LogP contribution < -0.4 is 0 Å². The summed E-state index contributed by atoms with van der Waals surface area (Å²) in [5, 5.41) is 9.82. The van der Waals surface area contributed by atoms with Gasteiger partial charge in [-0.1, -0.05) is 46.6 Å². The molecule has 0 saturated heterocycles. The molecule has 0 aromatic rings. The number of fused-ring (bicyclic) bond motifs is 1. The molecule has 2 rings (SSSR count). The number of ether oxygens (including phenoxy) is 1. The van der Waals surface area contributed by atoms with E-state index in [0.717, 1.165) is 25.5 Å². The van der Waals surface area contributed by atoms with E-state index in [4.69, 9.17) is 4.74 Å². The van der Waals surface area contributed by atoms with Crippen molar-refractivity contribution in [1.82, 2.24) is 0 Å². The molecule has 1 fully saturated rings. The van der Waals surface area contributed by atoms with Gasteiger partial charge in [0.25, 0.3) is 0 Å². The molecule has 0 radical (unpaired) electrons. The van der Waals surface area contributed by atoms with Crippen molar-refractivity contribution < 1.29 is 29.0 Å². The predicted octanol–water partition coefficient (Wildman–Crippen LogP) is 4.52. The second kappa shape index (κ2) is 10.4. The van der Waals surface area contributed by atoms with E-state index in [0.29, 0.717) is 24.0 Å². The van der Waals surface area contributed by atoms with E-state index in [1.807, 2.05) is 13.0 Å². The Morgan fingerprint density at radius 3 is 2.58 bits per heavy atom. The largest absolute Gasteiger partial charge is 0.481 e. The van der Waals surface area contributed by atoms with Crippen molar-refractivity contribution in [3.8, 4) is 0 Å². The van der Waals surface area contributed by atoms with Crippen molar-refractivity contribution in [1.29, 1.82) is 0 Å². The molecule has 6 heteroatoms. The van der Waals surface area contributed by atoms with Gasteiger partial charge in [0, 0.05) is 22.8 Å². The molecule has 0 aliphatic heterocycles. The summed E-state index contributed by atoms with van der Waals surface area (Å²) < 4.78 is 5.80. The monoisotopic (exact) mass is 432 g/mol. The molecule has 6 nitrogen and oxygen atoms in total. The molecule has 31 heavy (non-hydrogen) atoms. The van der Waals surface area contributed by atoms with E-state index in [1.54, 1.807) is 13.8 Å². The zero-order chi connectivity index (χ0) is 23.3. The van der Waals surface area contributed by atoms with Crippen LogP contribution in [0.3, 0.4) is 0 Å².